The van der Waals surface area contributed by atoms with Gasteiger partial charge in [-0.3, -0.25) is 0 Å². The summed E-state index contributed by atoms with van der Waals surface area (Å²) in [5, 5.41) is 4.88. The van der Waals surface area contributed by atoms with Crippen LogP contribution >= 0.6 is 11.6 Å². The molecule has 0 aliphatic carbocycles. The highest BCUT2D eigenvalue weighted by Crippen LogP contribution is 2.33. The van der Waals surface area contributed by atoms with Gasteiger partial charge < -0.3 is 9.47 Å². The predicted molar refractivity (Wildman–Crippen MR) is 90.5 cm³/mol. The van der Waals surface area contributed by atoms with Gasteiger partial charge in [0.25, 0.3) is 0 Å². The van der Waals surface area contributed by atoms with Crippen molar-refractivity contribution in [1.29, 1.82) is 0 Å². The third kappa shape index (κ3) is 4.81. The second-order valence-electron chi connectivity index (χ2n) is 6.25. The van der Waals surface area contributed by atoms with Gasteiger partial charge in [-0.1, -0.05) is 38.4 Å². The number of hydrogen-bond acceptors (Lipinski definition) is 4. The molecular formula is C17H22ClN3O2. The van der Waals surface area contributed by atoms with E-state index < -0.39 is 6.23 Å². The molecule has 2 rings (SSSR count). The molecule has 2 unspecified atom stereocenters. The smallest absolute Gasteiger partial charge is 0.219 e. The summed E-state index contributed by atoms with van der Waals surface area (Å²) in [7, 11) is 0. The van der Waals surface area contributed by atoms with E-state index in [4.69, 9.17) is 21.1 Å². The summed E-state index contributed by atoms with van der Waals surface area (Å²) in [6.45, 7) is 10.4. The zero-order chi connectivity index (χ0) is 16.9. The Morgan fingerprint density at radius 1 is 1.30 bits per heavy atom. The predicted octanol–water partition coefficient (Wildman–Crippen LogP) is 4.13. The maximum atomic E-state index is 6.14. The fourth-order valence-corrected chi connectivity index (χ4v) is 2.31. The van der Waals surface area contributed by atoms with Crippen molar-refractivity contribution in [2.24, 2.45) is 5.41 Å². The molecule has 0 spiro atoms. The molecule has 2 aromatic rings. The molecule has 0 saturated carbocycles. The molecule has 2 atom stereocenters. The minimum atomic E-state index is -0.460. The van der Waals surface area contributed by atoms with Gasteiger partial charge in [-0.05, 0) is 29.7 Å². The molecule has 0 amide bonds. The molecule has 0 radical (unpaired) electrons. The molecule has 5 nitrogen and oxygen atoms in total. The van der Waals surface area contributed by atoms with Crippen LogP contribution in [0.4, 0.5) is 0 Å². The fraction of sp³-hybridized carbons (Fsp3) is 0.412. The summed E-state index contributed by atoms with van der Waals surface area (Å²) >= 11 is 5.93. The van der Waals surface area contributed by atoms with Gasteiger partial charge in [-0.2, -0.15) is 5.10 Å². The van der Waals surface area contributed by atoms with Gasteiger partial charge in [0.15, 0.2) is 0 Å². The van der Waals surface area contributed by atoms with Crippen molar-refractivity contribution in [3.63, 3.8) is 0 Å². The lowest BCUT2D eigenvalue weighted by molar-refractivity contribution is -0.107. The van der Waals surface area contributed by atoms with Crippen LogP contribution in [0.1, 0.15) is 27.0 Å². The van der Waals surface area contributed by atoms with Gasteiger partial charge in [-0.15, -0.1) is 6.58 Å². The van der Waals surface area contributed by atoms with E-state index in [-0.39, 0.29) is 11.5 Å². The van der Waals surface area contributed by atoms with Crippen LogP contribution < -0.4 is 4.74 Å². The third-order valence-corrected chi connectivity index (χ3v) is 3.53. The Bertz CT molecular complexity index is 606. The van der Waals surface area contributed by atoms with Crippen LogP contribution in [-0.4, -0.2) is 27.5 Å². The fourth-order valence-electron chi connectivity index (χ4n) is 2.19. The summed E-state index contributed by atoms with van der Waals surface area (Å²) in [4.78, 5) is 4.02. The molecule has 23 heavy (non-hydrogen) atoms. The zero-order valence-corrected chi connectivity index (χ0v) is 14.4. The van der Waals surface area contributed by atoms with E-state index in [0.717, 1.165) is 0 Å². The van der Waals surface area contributed by atoms with E-state index in [2.05, 4.69) is 37.4 Å². The van der Waals surface area contributed by atoms with Gasteiger partial charge in [0.05, 0.1) is 6.61 Å². The molecule has 0 saturated heterocycles. The Labute approximate surface area is 141 Å². The maximum Gasteiger partial charge on any atom is 0.219 e. The van der Waals surface area contributed by atoms with Crippen LogP contribution in [0.3, 0.4) is 0 Å². The average molecular weight is 336 g/mol. The first-order valence-corrected chi connectivity index (χ1v) is 7.78. The molecule has 0 aliphatic rings. The van der Waals surface area contributed by atoms with Crippen molar-refractivity contribution >= 4 is 11.6 Å². The topological polar surface area (TPSA) is 49.2 Å². The van der Waals surface area contributed by atoms with E-state index in [1.54, 1.807) is 29.2 Å². The van der Waals surface area contributed by atoms with E-state index in [9.17, 15) is 0 Å². The van der Waals surface area contributed by atoms with Crippen LogP contribution in [0.25, 0.3) is 0 Å². The molecule has 6 heteroatoms. The Morgan fingerprint density at radius 2 is 2.00 bits per heavy atom. The second kappa shape index (κ2) is 7.62. The number of rotatable bonds is 7. The first kappa shape index (κ1) is 17.5. The SMILES string of the molecule is C=CCOC(C(Oc1ccc(Cl)cc1)n1cncn1)C(C)(C)C. The van der Waals surface area contributed by atoms with Gasteiger partial charge in [0.1, 0.15) is 24.5 Å². The molecule has 0 aliphatic heterocycles. The highest BCUT2D eigenvalue weighted by atomic mass is 35.5. The Balaban J connectivity index is 2.31. The summed E-state index contributed by atoms with van der Waals surface area (Å²) in [5.74, 6) is 0.686. The normalized spacial score (nSPS) is 14.3. The van der Waals surface area contributed by atoms with Gasteiger partial charge in [0.2, 0.25) is 6.23 Å². The Morgan fingerprint density at radius 3 is 2.52 bits per heavy atom. The van der Waals surface area contributed by atoms with Crippen molar-refractivity contribution in [2.75, 3.05) is 6.61 Å². The van der Waals surface area contributed by atoms with E-state index in [1.165, 1.54) is 6.33 Å². The molecule has 0 N–H and O–H groups in total. The summed E-state index contributed by atoms with van der Waals surface area (Å²) in [5.41, 5.74) is -0.175. The molecule has 1 aromatic heterocycles. The quantitative estimate of drug-likeness (QED) is 0.714. The summed E-state index contributed by atoms with van der Waals surface area (Å²) in [6.07, 6.45) is 4.11. The lowest BCUT2D eigenvalue weighted by atomic mass is 9.87. The Kier molecular flexibility index (Phi) is 5.80. The molecule has 0 fully saturated rings. The Hall–Kier alpha value is -1.85. The number of benzene rings is 1. The molecule has 0 bridgehead atoms. The minimum absolute atomic E-state index is 0.175. The number of halogens is 1. The van der Waals surface area contributed by atoms with E-state index in [1.807, 2.05) is 12.1 Å². The monoisotopic (exact) mass is 335 g/mol. The van der Waals surface area contributed by atoms with Gasteiger partial charge in [-0.25, -0.2) is 9.67 Å². The van der Waals surface area contributed by atoms with Crippen molar-refractivity contribution in [3.05, 3.63) is 54.6 Å². The number of aromatic nitrogens is 3. The molecule has 1 heterocycles. The summed E-state index contributed by atoms with van der Waals surface area (Å²) < 4.78 is 13.8. The first-order chi connectivity index (χ1) is 10.9. The van der Waals surface area contributed by atoms with Crippen molar-refractivity contribution in [2.45, 2.75) is 33.1 Å². The first-order valence-electron chi connectivity index (χ1n) is 7.40. The van der Waals surface area contributed by atoms with Gasteiger partial charge in [0, 0.05) is 5.02 Å². The maximum absolute atomic E-state index is 6.14. The van der Waals surface area contributed by atoms with E-state index in [0.29, 0.717) is 17.4 Å². The molecular weight excluding hydrogens is 314 g/mol. The van der Waals surface area contributed by atoms with Crippen molar-refractivity contribution in [3.8, 4) is 5.75 Å². The zero-order valence-electron chi connectivity index (χ0n) is 13.6. The highest BCUT2D eigenvalue weighted by molar-refractivity contribution is 6.30. The average Bonchev–Trinajstić information content (AvgIpc) is 3.01. The lowest BCUT2D eigenvalue weighted by Gasteiger charge is -2.36. The van der Waals surface area contributed by atoms with Crippen LogP contribution in [-0.2, 0) is 4.74 Å². The molecule has 124 valence electrons. The van der Waals surface area contributed by atoms with E-state index >= 15 is 0 Å². The summed E-state index contributed by atoms with van der Waals surface area (Å²) in [6, 6.07) is 7.21. The van der Waals surface area contributed by atoms with Crippen LogP contribution in [0.2, 0.25) is 5.02 Å². The lowest BCUT2D eigenvalue weighted by Crippen LogP contribution is -2.41. The minimum Gasteiger partial charge on any atom is -0.466 e. The van der Waals surface area contributed by atoms with Gasteiger partial charge >= 0.3 is 0 Å². The van der Waals surface area contributed by atoms with Crippen LogP contribution in [0, 0.1) is 5.41 Å². The number of ether oxygens (including phenoxy) is 2. The standard InChI is InChI=1S/C17H22ClN3O2/c1-5-10-22-15(17(2,3)4)16(21-12-19-11-20-21)23-14-8-6-13(18)7-9-14/h5-9,11-12,15-16H,1,10H2,2-4H3. The molecule has 1 aromatic carbocycles. The number of nitrogens with zero attached hydrogens (tertiary/aromatic N) is 3. The van der Waals surface area contributed by atoms with Crippen molar-refractivity contribution in [1.82, 2.24) is 14.8 Å². The van der Waals surface area contributed by atoms with Crippen molar-refractivity contribution < 1.29 is 9.47 Å². The second-order valence-corrected chi connectivity index (χ2v) is 6.68. The third-order valence-electron chi connectivity index (χ3n) is 3.27. The number of hydrogen-bond donors (Lipinski definition) is 0. The van der Waals surface area contributed by atoms with Crippen LogP contribution in [0.5, 0.6) is 5.75 Å². The van der Waals surface area contributed by atoms with Crippen LogP contribution in [0.15, 0.2) is 49.6 Å². The largest absolute Gasteiger partial charge is 0.466 e. The highest BCUT2D eigenvalue weighted by Gasteiger charge is 2.36.